The van der Waals surface area contributed by atoms with Gasteiger partial charge in [-0.3, -0.25) is 0 Å². The number of ether oxygens (including phenoxy) is 1. The molecule has 1 aromatic heterocycles. The standard InChI is InChI=1S/C8H3F7INO/c9-2-5-4(16)1-3(7(10,11)12)6(17-5)18-8(13,14)15/h1H,2H2. The average Bonchev–Trinajstić information content (AvgIpc) is 2.16. The summed E-state index contributed by atoms with van der Waals surface area (Å²) in [7, 11) is 0. The normalized spacial score (nSPS) is 12.7. The van der Waals surface area contributed by atoms with Crippen molar-refractivity contribution in [3.63, 3.8) is 0 Å². The fourth-order valence-corrected chi connectivity index (χ4v) is 1.57. The number of alkyl halides is 7. The van der Waals surface area contributed by atoms with Crippen LogP contribution in [0.4, 0.5) is 30.7 Å². The molecule has 1 aromatic rings. The number of rotatable bonds is 2. The Labute approximate surface area is 109 Å². The highest BCUT2D eigenvalue weighted by atomic mass is 127. The maximum absolute atomic E-state index is 12.5. The zero-order chi connectivity index (χ0) is 14.1. The quantitative estimate of drug-likeness (QED) is 0.562. The monoisotopic (exact) mass is 389 g/mol. The van der Waals surface area contributed by atoms with Crippen molar-refractivity contribution in [2.45, 2.75) is 19.2 Å². The van der Waals surface area contributed by atoms with E-state index in [9.17, 15) is 30.7 Å². The topological polar surface area (TPSA) is 22.1 Å². The van der Waals surface area contributed by atoms with Crippen LogP contribution < -0.4 is 4.74 Å². The second-order valence-corrected chi connectivity index (χ2v) is 4.11. The number of hydrogen-bond donors (Lipinski definition) is 0. The van der Waals surface area contributed by atoms with Crippen LogP contribution in [-0.2, 0) is 12.9 Å². The lowest BCUT2D eigenvalue weighted by Gasteiger charge is -2.15. The van der Waals surface area contributed by atoms with E-state index in [-0.39, 0.29) is 3.57 Å². The molecule has 1 rings (SSSR count). The number of aromatic nitrogens is 1. The number of halogens is 8. The summed E-state index contributed by atoms with van der Waals surface area (Å²) in [6, 6.07) is 0.351. The van der Waals surface area contributed by atoms with Crippen molar-refractivity contribution in [2.24, 2.45) is 0 Å². The van der Waals surface area contributed by atoms with Crippen molar-refractivity contribution in [3.8, 4) is 5.88 Å². The summed E-state index contributed by atoms with van der Waals surface area (Å²) in [6.45, 7) is -1.30. The van der Waals surface area contributed by atoms with E-state index >= 15 is 0 Å². The summed E-state index contributed by atoms with van der Waals surface area (Å²) in [5.41, 5.74) is -2.26. The smallest absolute Gasteiger partial charge is 0.387 e. The van der Waals surface area contributed by atoms with Gasteiger partial charge in [0, 0.05) is 3.57 Å². The maximum atomic E-state index is 12.5. The third-order valence-electron chi connectivity index (χ3n) is 1.66. The molecule has 0 aliphatic rings. The number of nitrogens with zero attached hydrogens (tertiary/aromatic N) is 1. The van der Waals surface area contributed by atoms with Gasteiger partial charge in [-0.2, -0.15) is 13.2 Å². The molecule has 0 fully saturated rings. The Morgan fingerprint density at radius 3 is 2.11 bits per heavy atom. The van der Waals surface area contributed by atoms with Crippen molar-refractivity contribution in [3.05, 3.63) is 20.9 Å². The molecule has 0 aliphatic carbocycles. The molecule has 0 N–H and O–H groups in total. The minimum absolute atomic E-state index is 0.239. The van der Waals surface area contributed by atoms with Crippen molar-refractivity contribution in [1.29, 1.82) is 0 Å². The van der Waals surface area contributed by atoms with Crippen LogP contribution in [0.5, 0.6) is 5.88 Å². The average molecular weight is 389 g/mol. The van der Waals surface area contributed by atoms with Crippen molar-refractivity contribution in [1.82, 2.24) is 4.98 Å². The Kier molecular flexibility index (Phi) is 4.28. The van der Waals surface area contributed by atoms with Crippen LogP contribution >= 0.6 is 22.6 Å². The molecule has 0 bridgehead atoms. The molecule has 0 saturated heterocycles. The van der Waals surface area contributed by atoms with Crippen LogP contribution in [0.3, 0.4) is 0 Å². The van der Waals surface area contributed by atoms with Crippen LogP contribution in [0.1, 0.15) is 11.3 Å². The molecule has 102 valence electrons. The second kappa shape index (κ2) is 5.05. The molecule has 0 atom stereocenters. The third-order valence-corrected chi connectivity index (χ3v) is 2.59. The van der Waals surface area contributed by atoms with Gasteiger partial charge >= 0.3 is 12.5 Å². The first-order valence-electron chi connectivity index (χ1n) is 4.13. The summed E-state index contributed by atoms with van der Waals surface area (Å²) in [4.78, 5) is 2.90. The van der Waals surface area contributed by atoms with Gasteiger partial charge in [0.2, 0.25) is 5.88 Å². The molecular formula is C8H3F7INO. The Morgan fingerprint density at radius 1 is 1.17 bits per heavy atom. The van der Waals surface area contributed by atoms with Crippen LogP contribution in [0.25, 0.3) is 0 Å². The predicted molar refractivity (Wildman–Crippen MR) is 53.5 cm³/mol. The van der Waals surface area contributed by atoms with Gasteiger partial charge in [0.05, 0.1) is 5.69 Å². The highest BCUT2D eigenvalue weighted by Gasteiger charge is 2.41. The molecule has 18 heavy (non-hydrogen) atoms. The van der Waals surface area contributed by atoms with Gasteiger partial charge in [-0.1, -0.05) is 0 Å². The van der Waals surface area contributed by atoms with E-state index in [0.29, 0.717) is 6.07 Å². The van der Waals surface area contributed by atoms with Crippen LogP contribution in [0.15, 0.2) is 6.07 Å². The van der Waals surface area contributed by atoms with Gasteiger partial charge in [0.25, 0.3) is 0 Å². The summed E-state index contributed by atoms with van der Waals surface area (Å²) in [5, 5.41) is 0. The first-order valence-corrected chi connectivity index (χ1v) is 5.21. The highest BCUT2D eigenvalue weighted by Crippen LogP contribution is 2.38. The molecule has 0 amide bonds. The minimum atomic E-state index is -5.34. The zero-order valence-electron chi connectivity index (χ0n) is 8.16. The lowest BCUT2D eigenvalue weighted by molar-refractivity contribution is -0.278. The lowest BCUT2D eigenvalue weighted by Crippen LogP contribution is -2.22. The van der Waals surface area contributed by atoms with E-state index in [0.717, 1.165) is 0 Å². The molecule has 0 spiro atoms. The molecule has 0 aliphatic heterocycles. The highest BCUT2D eigenvalue weighted by molar-refractivity contribution is 14.1. The number of hydrogen-bond acceptors (Lipinski definition) is 2. The molecule has 2 nitrogen and oxygen atoms in total. The predicted octanol–water partition coefficient (Wildman–Crippen LogP) is 4.07. The summed E-state index contributed by atoms with van der Waals surface area (Å²) in [6.07, 6.45) is -10.4. The first-order chi connectivity index (χ1) is 8.04. The summed E-state index contributed by atoms with van der Waals surface area (Å²) < 4.78 is 88.4. The van der Waals surface area contributed by atoms with E-state index in [2.05, 4.69) is 9.72 Å². The van der Waals surface area contributed by atoms with Gasteiger partial charge in [0.15, 0.2) is 0 Å². The Morgan fingerprint density at radius 2 is 1.72 bits per heavy atom. The molecule has 0 radical (unpaired) electrons. The van der Waals surface area contributed by atoms with E-state index in [1.165, 1.54) is 22.6 Å². The molecule has 0 saturated carbocycles. The van der Waals surface area contributed by atoms with Gasteiger partial charge in [-0.15, -0.1) is 13.2 Å². The van der Waals surface area contributed by atoms with Gasteiger partial charge in [-0.05, 0) is 28.7 Å². The van der Waals surface area contributed by atoms with Gasteiger partial charge < -0.3 is 4.74 Å². The van der Waals surface area contributed by atoms with Crippen molar-refractivity contribution >= 4 is 22.6 Å². The summed E-state index contributed by atoms with van der Waals surface area (Å²) >= 11 is 1.34. The molecular weight excluding hydrogens is 386 g/mol. The van der Waals surface area contributed by atoms with Crippen molar-refractivity contribution in [2.75, 3.05) is 0 Å². The fraction of sp³-hybridized carbons (Fsp3) is 0.375. The maximum Gasteiger partial charge on any atom is 0.574 e. The molecule has 0 unspecified atom stereocenters. The van der Waals surface area contributed by atoms with Crippen LogP contribution in [0.2, 0.25) is 0 Å². The van der Waals surface area contributed by atoms with E-state index in [4.69, 9.17) is 0 Å². The first kappa shape index (κ1) is 15.2. The number of pyridine rings is 1. The van der Waals surface area contributed by atoms with Crippen LogP contribution in [0, 0.1) is 3.57 Å². The Bertz CT molecular complexity index is 442. The Hall–Kier alpha value is -0.810. The SMILES string of the molecule is FCc1nc(OC(F)(F)F)c(C(F)(F)F)cc1I. The largest absolute Gasteiger partial charge is 0.574 e. The van der Waals surface area contributed by atoms with Crippen molar-refractivity contribution < 1.29 is 35.5 Å². The van der Waals surface area contributed by atoms with E-state index < -0.39 is 36.4 Å². The van der Waals surface area contributed by atoms with Crippen LogP contribution in [-0.4, -0.2) is 11.3 Å². The minimum Gasteiger partial charge on any atom is -0.387 e. The lowest BCUT2D eigenvalue weighted by atomic mass is 10.2. The second-order valence-electron chi connectivity index (χ2n) is 2.95. The summed E-state index contributed by atoms with van der Waals surface area (Å²) in [5.74, 6) is -1.71. The zero-order valence-corrected chi connectivity index (χ0v) is 10.3. The van der Waals surface area contributed by atoms with E-state index in [1.807, 2.05) is 0 Å². The fourth-order valence-electron chi connectivity index (χ4n) is 0.992. The van der Waals surface area contributed by atoms with Gasteiger partial charge in [-0.25, -0.2) is 9.37 Å². The molecule has 0 aromatic carbocycles. The molecule has 1 heterocycles. The molecule has 10 heteroatoms. The Balaban J connectivity index is 3.35. The third kappa shape index (κ3) is 3.85. The van der Waals surface area contributed by atoms with E-state index in [1.54, 1.807) is 0 Å². The van der Waals surface area contributed by atoms with Gasteiger partial charge in [0.1, 0.15) is 12.2 Å².